The van der Waals surface area contributed by atoms with Crippen LogP contribution in [0.25, 0.3) is 0 Å². The van der Waals surface area contributed by atoms with Crippen molar-refractivity contribution in [2.24, 2.45) is 10.7 Å². The number of benzene rings is 8. The van der Waals surface area contributed by atoms with E-state index in [4.69, 9.17) is 92.9 Å². The Morgan fingerprint density at radius 3 is 1.31 bits per heavy atom. The first-order valence-corrected chi connectivity index (χ1v) is 58.0. The molecular weight excluding hydrogens is 2050 g/mol. The number of aliphatic hydroxyl groups excluding tert-OH is 2. The van der Waals surface area contributed by atoms with Gasteiger partial charge in [-0.05, 0) is 218 Å². The van der Waals surface area contributed by atoms with Crippen molar-refractivity contribution in [1.82, 2.24) is 34.8 Å². The van der Waals surface area contributed by atoms with Gasteiger partial charge in [0.25, 0.3) is 14.6 Å². The van der Waals surface area contributed by atoms with E-state index >= 15 is 4.39 Å². The number of amides is 2. The molecule has 0 unspecified atom stereocenters. The molecule has 0 radical (unpaired) electrons. The Balaban J connectivity index is 0.000000259. The maximum atomic E-state index is 15.5. The van der Waals surface area contributed by atoms with Crippen LogP contribution >= 0.6 is 34.8 Å². The maximum absolute atomic E-state index is 15.5. The van der Waals surface area contributed by atoms with Crippen molar-refractivity contribution in [1.29, 1.82) is 5.26 Å². The monoisotopic (exact) mass is 2190 g/mol. The number of isocyanates is 1. The number of hydrogen-bond acceptors (Lipinski definition) is 28. The summed E-state index contributed by atoms with van der Waals surface area (Å²) in [5, 5.41) is 36.9. The molecule has 3 aliphatic heterocycles. The average Bonchev–Trinajstić information content (AvgIpc) is 1.41. The molecule has 3 heterocycles. The summed E-state index contributed by atoms with van der Waals surface area (Å²) in [6.07, 6.45) is 9.08. The lowest BCUT2D eigenvalue weighted by Gasteiger charge is -2.44. The number of carbonyl (C=O) groups is 2. The molecule has 806 valence electrons. The number of rotatable bonds is 57. The summed E-state index contributed by atoms with van der Waals surface area (Å²) < 4.78 is 193. The second-order valence-corrected chi connectivity index (χ2v) is 49.2. The molecule has 6 aliphatic rings. The third kappa shape index (κ3) is 34.5. The van der Waals surface area contributed by atoms with E-state index in [0.717, 1.165) is 38.6 Å². The van der Waals surface area contributed by atoms with Crippen LogP contribution in [0.15, 0.2) is 190 Å². The maximum Gasteiger partial charge on any atom is 0.314 e. The van der Waals surface area contributed by atoms with Gasteiger partial charge in [-0.25, -0.2) is 62.5 Å². The number of ketones is 1. The van der Waals surface area contributed by atoms with Crippen LogP contribution < -0.4 is 50.4 Å². The number of β-amino-alcohol motifs (C(OH)–C–C–N with tert-alkyl or cyclic N) is 2. The summed E-state index contributed by atoms with van der Waals surface area (Å²) in [6, 6.07) is 47.9. The van der Waals surface area contributed by atoms with Gasteiger partial charge in [-0.1, -0.05) is 123 Å². The van der Waals surface area contributed by atoms with Gasteiger partial charge in [0, 0.05) is 130 Å². The van der Waals surface area contributed by atoms with Gasteiger partial charge in [0.05, 0.1) is 129 Å². The summed E-state index contributed by atoms with van der Waals surface area (Å²) >= 11 is 18.8. The highest BCUT2D eigenvalue weighted by molar-refractivity contribution is 7.91. The number of nitrogens with one attached hydrogen (secondary N) is 4. The quantitative estimate of drug-likeness (QED) is 0.00612. The first-order valence-electron chi connectivity index (χ1n) is 50.4. The zero-order chi connectivity index (χ0) is 106. The van der Waals surface area contributed by atoms with Gasteiger partial charge < -0.3 is 78.4 Å². The molecule has 148 heavy (non-hydrogen) atoms. The number of Topliss-reactive ketones (excluding diaryl/α,β-unsaturated/α-hetero) is 1. The smallest absolute Gasteiger partial charge is 0.314 e. The number of likely N-dealkylation sites (tertiary alicyclic amines) is 3. The van der Waals surface area contributed by atoms with Crippen molar-refractivity contribution in [3.8, 4) is 23.5 Å². The normalized spacial score (nSPS) is 19.3. The number of ether oxygens (including phenoxy) is 10. The molecule has 2 amide bonds. The number of urea groups is 1. The zero-order valence-electron chi connectivity index (χ0n) is 83.7. The number of unbranched alkanes of at least 4 members (excludes halogenated alkanes) is 3. The minimum atomic E-state index is -3.84. The third-order valence-electron chi connectivity index (χ3n) is 26.5. The summed E-state index contributed by atoms with van der Waals surface area (Å²) in [7, 11) is -14.0. The van der Waals surface area contributed by atoms with Crippen molar-refractivity contribution >= 4 is 101 Å². The van der Waals surface area contributed by atoms with E-state index in [-0.39, 0.29) is 150 Å². The lowest BCUT2D eigenvalue weighted by molar-refractivity contribution is -0.119. The highest BCUT2D eigenvalue weighted by Crippen LogP contribution is 2.47. The van der Waals surface area contributed by atoms with E-state index < -0.39 is 80.4 Å². The fourth-order valence-electron chi connectivity index (χ4n) is 19.3. The second kappa shape index (κ2) is 58.7. The average molecular weight is 2190 g/mol. The molecule has 3 saturated heterocycles. The van der Waals surface area contributed by atoms with Crippen LogP contribution in [-0.2, 0) is 96.3 Å². The Morgan fingerprint density at radius 2 is 0.885 bits per heavy atom. The van der Waals surface area contributed by atoms with Gasteiger partial charge in [0.2, 0.25) is 26.1 Å². The molecule has 0 spiro atoms. The van der Waals surface area contributed by atoms with Crippen molar-refractivity contribution < 1.29 is 115 Å². The lowest BCUT2D eigenvalue weighted by Crippen LogP contribution is -2.67. The molecule has 0 aromatic heterocycles. The largest absolute Gasteiger partial charge is 0.484 e. The highest BCUT2D eigenvalue weighted by Gasteiger charge is 2.54. The first-order chi connectivity index (χ1) is 71.3. The summed E-state index contributed by atoms with van der Waals surface area (Å²) in [6.45, 7) is 16.1. The second-order valence-electron chi connectivity index (χ2n) is 38.0. The number of nitrogens with zero attached hydrogens (tertiary/aromatic N) is 5. The summed E-state index contributed by atoms with van der Waals surface area (Å²) in [5.74, 6) is 0.178. The number of nitrogens with two attached hydrogens (primary N) is 1. The van der Waals surface area contributed by atoms with Gasteiger partial charge in [-0.3, -0.25) is 19.5 Å². The number of fused-ring (bicyclic) bond motifs is 3. The fraction of sp³-hybridized carbons (Fsp3) is 0.509. The molecule has 0 saturated carbocycles. The van der Waals surface area contributed by atoms with E-state index in [1.54, 1.807) is 60.9 Å². The van der Waals surface area contributed by atoms with Gasteiger partial charge in [0.1, 0.15) is 65.4 Å². The van der Waals surface area contributed by atoms with Crippen molar-refractivity contribution in [3.05, 3.63) is 236 Å². The van der Waals surface area contributed by atoms with Gasteiger partial charge >= 0.3 is 6.03 Å². The van der Waals surface area contributed by atoms with E-state index in [9.17, 15) is 58.6 Å². The Morgan fingerprint density at radius 1 is 0.480 bits per heavy atom. The van der Waals surface area contributed by atoms with Crippen molar-refractivity contribution in [2.75, 3.05) is 170 Å². The van der Waals surface area contributed by atoms with Crippen molar-refractivity contribution in [2.45, 2.75) is 192 Å². The van der Waals surface area contributed by atoms with Crippen LogP contribution in [0.5, 0.6) is 17.2 Å². The number of nitriles is 1. The van der Waals surface area contributed by atoms with Crippen molar-refractivity contribution in [3.63, 3.8) is 0 Å². The minimum absolute atomic E-state index is 0.0411. The minimum Gasteiger partial charge on any atom is -0.484 e. The number of aliphatic hydroxyl groups is 2. The Kier molecular flexibility index (Phi) is 46.6. The molecule has 9 atom stereocenters. The summed E-state index contributed by atoms with van der Waals surface area (Å²) in [4.78, 5) is 44.2. The Labute approximate surface area is 881 Å². The number of aliphatic imine (C=N–C) groups is 1. The standard InChI is InChI=1S/C59H77Cl2F2N5O14S2.C41H51ClFN3O6SSi.C6H8N2O2/c60-40-32-51-49(53(62)34-40)36-55(67-21-16-43(70)38-67)57(51)81-45-8-12-47(13-9-45)83(73,74)31-5-24-78-28-29-79-25-19-65-59(72)64-18-3-1-2-6-42(69)7-4-23-77-27-30-80-26-20-66-84(75,76)48-14-10-46(11-15-48)82-58-52-33-41(61)35-54(63)50(52)37-56(58)68-22-17-44(71)39-68;1-41(2,3)54(34-10-6-4-7-11-34,35-12-8-5-9-13-35)52-32-18-21-46(29-32)39-28-36-37(26-30(42)27-38(36)43)40(39)51-31-14-16-33(17-15-31)53(47,48)45-20-23-50-25-24-49-22-19-44;7-5-10-4-2-1-3-8-6-9/h8-15,32-35,43-44,55-58,66,70-71H,1-7,16-31,36-39H2,(H2,64,65,72);4-17,26-27,32,39-40,45H,18-25,28-29,44H2,1-3H3;1-4H2/t43-,44-,55+,56+,57+,58+;32-,39+,40+;/m11./s1. The number of sulfonamides is 2. The molecule has 8 N–H and O–H groups in total. The molecule has 3 aliphatic carbocycles. The Hall–Kier alpha value is -9.10. The zero-order valence-corrected chi connectivity index (χ0v) is 89.4. The van der Waals surface area contributed by atoms with Crippen LogP contribution in [-0.4, -0.2) is 283 Å². The van der Waals surface area contributed by atoms with Gasteiger partial charge in [-0.2, -0.15) is 5.26 Å². The number of carbonyl (C=O) groups excluding carboxylic acids is 3. The van der Waals surface area contributed by atoms with Crippen LogP contribution in [0.3, 0.4) is 0 Å². The fourth-order valence-corrected chi connectivity index (χ4v) is 27.9. The van der Waals surface area contributed by atoms with E-state index in [0.29, 0.717) is 205 Å². The molecule has 8 aromatic rings. The van der Waals surface area contributed by atoms with E-state index in [2.05, 4.69) is 114 Å². The predicted molar refractivity (Wildman–Crippen MR) is 558 cm³/mol. The topological polar surface area (TPSA) is 416 Å². The highest BCUT2D eigenvalue weighted by atomic mass is 35.5. The molecule has 3 fully saturated rings. The molecule has 0 bridgehead atoms. The van der Waals surface area contributed by atoms with Gasteiger partial charge in [0.15, 0.2) is 9.84 Å². The molecule has 32 nitrogen and oxygen atoms in total. The van der Waals surface area contributed by atoms with E-state index in [1.807, 2.05) is 12.1 Å². The molecular formula is C106H136Cl3F3N10O22S3Si. The molecule has 8 aromatic carbocycles. The van der Waals surface area contributed by atoms with E-state index in [1.165, 1.54) is 71.1 Å². The van der Waals surface area contributed by atoms with Crippen LogP contribution in [0.4, 0.5) is 18.0 Å². The van der Waals surface area contributed by atoms with Crippen LogP contribution in [0, 0.1) is 29.0 Å². The number of halogens is 6. The van der Waals surface area contributed by atoms with Crippen LogP contribution in [0.1, 0.15) is 150 Å². The lowest BCUT2D eigenvalue weighted by atomic mass is 10.1. The number of sulfone groups is 1. The predicted octanol–water partition coefficient (Wildman–Crippen LogP) is 13.0. The Bertz CT molecular complexity index is 5770. The first kappa shape index (κ1) is 118. The SMILES string of the molecule is CC(C)(C)[Si](O[C@@H]1CCN([C@H]2Cc3c(F)cc(Cl)cc3[C@@H]2Oc2ccc(S(=O)(=O)NCCOCCOCCN)cc2)C1)(c1ccccc1)c1ccccc1.N#COCCCCN=C=O.O=C(CCCCCNC(=O)NCCOCCOCCCS(=O)(=O)c1ccc(O[C@H]2c3cc(Cl)cc(F)c3C[C@@H]2N2CC[C@@H](O)C2)cc1)CCCOCCOCCNS(=O)(=O)c1ccc(O[C@H]2c3cc(Cl)cc(F)c3C[C@@H]2N2CC[C@@H](O)C2)cc1. The van der Waals surface area contributed by atoms with Crippen LogP contribution in [0.2, 0.25) is 20.1 Å². The van der Waals surface area contributed by atoms with Gasteiger partial charge in [-0.15, -0.1) is 0 Å². The number of hydrogen-bond donors (Lipinski definition) is 7. The third-order valence-corrected chi connectivity index (χ3v) is 37.0. The summed E-state index contributed by atoms with van der Waals surface area (Å²) in [5.41, 5.74) is 9.03. The molecule has 42 heteroatoms. The molecule has 14 rings (SSSR count).